The van der Waals surface area contributed by atoms with Gasteiger partial charge in [0.05, 0.1) is 59.8 Å². The van der Waals surface area contributed by atoms with Crippen LogP contribution in [-0.2, 0) is 44.0 Å². The Morgan fingerprint density at radius 2 is 0.750 bits per heavy atom. The quantitative estimate of drug-likeness (QED) is 0.0209. The van der Waals surface area contributed by atoms with Gasteiger partial charge in [-0.1, -0.05) is 88.8 Å². The SMILES string of the molecule is CCCCCCO.CCCCCCON1C(=O)c2ccccc2C1=O.O=C1c2ccccc2C(=O)N1OCCCCCO.[C-]#[N+]CCOP(OCCCCCON1C(=O)c2ccccc2C1=O)N(C(C)C)C(C)C.[CH3-].[Pd]. The molecule has 3 aliphatic rings. The van der Waals surface area contributed by atoms with Crippen LogP contribution in [0.3, 0.4) is 0 Å². The topological polar surface area (TPSA) is 206 Å². The predicted molar refractivity (Wildman–Crippen MR) is 288 cm³/mol. The van der Waals surface area contributed by atoms with E-state index in [2.05, 4.69) is 51.1 Å². The number of rotatable bonds is 30. The first-order valence-electron chi connectivity index (χ1n) is 26.0. The number of amides is 6. The van der Waals surface area contributed by atoms with E-state index in [4.69, 9.17) is 40.3 Å². The maximum Gasteiger partial charge on any atom is 0.285 e. The number of carbonyl (C=O) groups is 6. The molecule has 0 aliphatic carbocycles. The molecule has 1 atom stereocenters. The Hall–Kier alpha value is -4.66. The molecule has 0 saturated heterocycles. The number of imide groups is 3. The number of unbranched alkanes of at least 4 members (excludes halogenated alkanes) is 10. The zero-order valence-electron chi connectivity index (χ0n) is 45.5. The van der Waals surface area contributed by atoms with Crippen molar-refractivity contribution in [1.29, 1.82) is 0 Å². The second kappa shape index (κ2) is 39.7. The van der Waals surface area contributed by atoms with E-state index < -0.39 is 32.2 Å². The van der Waals surface area contributed by atoms with Crippen molar-refractivity contribution in [2.24, 2.45) is 0 Å². The number of aliphatic hydroxyl groups is 2. The number of fused-ring (bicyclic) bond motifs is 3. The molecule has 6 rings (SSSR count). The summed E-state index contributed by atoms with van der Waals surface area (Å²) in [6, 6.07) is 20.7. The van der Waals surface area contributed by atoms with Crippen LogP contribution in [0.25, 0.3) is 4.85 Å². The van der Waals surface area contributed by atoms with Gasteiger partial charge in [0.1, 0.15) is 6.61 Å². The van der Waals surface area contributed by atoms with Crippen LogP contribution in [0.5, 0.6) is 0 Å². The minimum atomic E-state index is -1.22. The first kappa shape index (κ1) is 69.4. The van der Waals surface area contributed by atoms with Crippen LogP contribution in [0.2, 0.25) is 0 Å². The second-order valence-electron chi connectivity index (χ2n) is 17.9. The predicted octanol–water partition coefficient (Wildman–Crippen LogP) is 10.9. The van der Waals surface area contributed by atoms with E-state index in [-0.39, 0.29) is 65.0 Å². The Balaban J connectivity index is 0.000000552. The zero-order valence-corrected chi connectivity index (χ0v) is 48.0. The average molecular weight is 1170 g/mol. The molecule has 3 aromatic carbocycles. The molecule has 0 bridgehead atoms. The first-order chi connectivity index (χ1) is 35.8. The van der Waals surface area contributed by atoms with Gasteiger partial charge in [-0.25, -0.2) is 11.2 Å². The Labute approximate surface area is 466 Å². The van der Waals surface area contributed by atoms with Crippen LogP contribution in [0.4, 0.5) is 0 Å². The normalized spacial score (nSPS) is 13.5. The van der Waals surface area contributed by atoms with E-state index in [0.717, 1.165) is 66.6 Å². The molecule has 6 amide bonds. The molecule has 0 spiro atoms. The summed E-state index contributed by atoms with van der Waals surface area (Å²) in [5.74, 6) is -2.34. The average Bonchev–Trinajstić information content (AvgIpc) is 3.90. The van der Waals surface area contributed by atoms with E-state index in [1.54, 1.807) is 72.8 Å². The summed E-state index contributed by atoms with van der Waals surface area (Å²) >= 11 is 0. The minimum absolute atomic E-state index is 0. The van der Waals surface area contributed by atoms with E-state index in [1.807, 2.05) is 0 Å². The molecular formula is C56H81N5O13PPd-. The van der Waals surface area contributed by atoms with E-state index in [9.17, 15) is 28.8 Å². The summed E-state index contributed by atoms with van der Waals surface area (Å²) in [6.45, 7) is 22.3. The second-order valence-corrected chi connectivity index (χ2v) is 19.3. The Morgan fingerprint density at radius 1 is 0.474 bits per heavy atom. The van der Waals surface area contributed by atoms with Gasteiger partial charge < -0.3 is 31.5 Å². The molecule has 3 heterocycles. The summed E-state index contributed by atoms with van der Waals surface area (Å²) in [5, 5.41) is 19.5. The van der Waals surface area contributed by atoms with Crippen LogP contribution in [0.15, 0.2) is 72.8 Å². The van der Waals surface area contributed by atoms with Gasteiger partial charge in [0, 0.05) is 45.7 Å². The van der Waals surface area contributed by atoms with Crippen LogP contribution in [0, 0.1) is 14.0 Å². The standard InChI is InChI=1S/C22H32N3O5P.C14H17NO3.C13H15NO4.C6H14O.CH3.Pd/c1-17(2)25(18(3)4)31(30-16-13-23-5)29-15-10-6-9-14-28-24-21(26)19-11-7-8-12-20(19)22(24)27;1-2-3-4-7-10-18-15-13(16)11-8-5-6-9-12(11)14(15)17;15-8-4-1-5-9-18-14-12(16)10-6-2-3-7-11(10)13(14)17;1-2-3-4-5-6-7;;/h7-8,11-12,17-18H,6,9-10,13-16H2,1-4H3;5-6,8-9H,2-4,7,10H2,1H3;2-3,6-7,15H,1,4-5,8-9H2;7H,2-6H2,1H3;1H3;/q;;;;-1;. The molecular weight excluding hydrogens is 1090 g/mol. The summed E-state index contributed by atoms with van der Waals surface area (Å²) in [7, 11) is -1.22. The molecule has 1 unspecified atom stereocenters. The van der Waals surface area contributed by atoms with Crippen molar-refractivity contribution in [2.75, 3.05) is 52.8 Å². The summed E-state index contributed by atoms with van der Waals surface area (Å²) < 4.78 is 14.1. The molecule has 2 N–H and O–H groups in total. The Kier molecular flexibility index (Phi) is 36.2. The first-order valence-corrected chi connectivity index (χ1v) is 27.1. The molecule has 76 heavy (non-hydrogen) atoms. The zero-order chi connectivity index (χ0) is 54.3. The minimum Gasteiger partial charge on any atom is -0.396 e. The maximum atomic E-state index is 12.3. The van der Waals surface area contributed by atoms with Crippen molar-refractivity contribution in [3.8, 4) is 0 Å². The van der Waals surface area contributed by atoms with Crippen LogP contribution in [-0.4, -0.2) is 130 Å². The van der Waals surface area contributed by atoms with Gasteiger partial charge in [-0.15, -0.1) is 15.2 Å². The molecule has 3 aromatic rings. The third-order valence-corrected chi connectivity index (χ3v) is 13.5. The van der Waals surface area contributed by atoms with Gasteiger partial charge >= 0.3 is 0 Å². The Bertz CT molecular complexity index is 2060. The Morgan fingerprint density at radius 3 is 1.04 bits per heavy atom. The van der Waals surface area contributed by atoms with Crippen molar-refractivity contribution < 1.29 is 83.0 Å². The fraction of sp³-hybridized carbons (Fsp3) is 0.536. The smallest absolute Gasteiger partial charge is 0.285 e. The third-order valence-electron chi connectivity index (χ3n) is 11.4. The molecule has 0 saturated carbocycles. The van der Waals surface area contributed by atoms with Gasteiger partial charge in [-0.2, -0.15) is 0 Å². The van der Waals surface area contributed by atoms with Crippen LogP contribution >= 0.6 is 8.53 Å². The summed E-state index contributed by atoms with van der Waals surface area (Å²) in [6.07, 6.45) is 13.4. The van der Waals surface area contributed by atoms with E-state index >= 15 is 0 Å². The van der Waals surface area contributed by atoms with Gasteiger partial charge in [0.2, 0.25) is 6.54 Å². The number of aliphatic hydroxyl groups excluding tert-OH is 2. The maximum absolute atomic E-state index is 12.3. The number of carbonyl (C=O) groups excluding carboxylic acids is 6. The number of hydroxylamine groups is 6. The van der Waals surface area contributed by atoms with Crippen LogP contribution in [0.1, 0.15) is 194 Å². The fourth-order valence-corrected chi connectivity index (χ4v) is 9.23. The number of nitrogens with zero attached hydrogens (tertiary/aromatic N) is 5. The van der Waals surface area contributed by atoms with Gasteiger partial charge in [0.25, 0.3) is 44.0 Å². The number of benzene rings is 3. The van der Waals surface area contributed by atoms with Crippen molar-refractivity contribution >= 4 is 44.0 Å². The number of hydrogen-bond acceptors (Lipinski definition) is 14. The van der Waals surface area contributed by atoms with Crippen molar-refractivity contribution in [3.63, 3.8) is 0 Å². The van der Waals surface area contributed by atoms with E-state index in [0.29, 0.717) is 92.2 Å². The van der Waals surface area contributed by atoms with Crippen LogP contribution < -0.4 is 0 Å². The molecule has 0 radical (unpaired) electrons. The third kappa shape index (κ3) is 22.0. The largest absolute Gasteiger partial charge is 0.396 e. The van der Waals surface area contributed by atoms with Gasteiger partial charge in [0.15, 0.2) is 0 Å². The number of hydrogen-bond donors (Lipinski definition) is 2. The van der Waals surface area contributed by atoms with Crippen molar-refractivity contribution in [1.82, 2.24) is 19.9 Å². The van der Waals surface area contributed by atoms with E-state index in [1.165, 1.54) is 19.3 Å². The molecule has 424 valence electrons. The molecule has 3 aliphatic heterocycles. The van der Waals surface area contributed by atoms with Crippen molar-refractivity contribution in [3.05, 3.63) is 125 Å². The molecule has 0 aromatic heterocycles. The summed E-state index contributed by atoms with van der Waals surface area (Å²) in [5.41, 5.74) is 2.39. The fourth-order valence-electron chi connectivity index (χ4n) is 7.61. The van der Waals surface area contributed by atoms with Gasteiger partial charge in [-0.3, -0.25) is 43.3 Å². The summed E-state index contributed by atoms with van der Waals surface area (Å²) in [4.78, 5) is 91.3. The van der Waals surface area contributed by atoms with Crippen molar-refractivity contribution in [2.45, 2.75) is 144 Å². The molecule has 18 nitrogen and oxygen atoms in total. The van der Waals surface area contributed by atoms with Gasteiger partial charge in [-0.05, 0) is 115 Å². The monoisotopic (exact) mass is 1170 g/mol. The molecule has 0 fully saturated rings. The molecule has 20 heteroatoms.